The molecular weight excluding hydrogens is 1700 g/mol. The Morgan fingerprint density at radius 2 is 0.398 bits per heavy atom. The first kappa shape index (κ1) is 128. The number of aliphatic hydroxyl groups excluding tert-OH is 2. The number of esters is 3. The summed E-state index contributed by atoms with van der Waals surface area (Å²) >= 11 is 0. The number of hydrogen-bond acceptors (Lipinski definition) is 14. The van der Waals surface area contributed by atoms with E-state index in [4.69, 9.17) is 32.3 Å². The summed E-state index contributed by atoms with van der Waals surface area (Å²) in [7, 11) is -9.82. The Morgan fingerprint density at radius 1 is 0.218 bits per heavy atom. The van der Waals surface area contributed by atoms with E-state index in [9.17, 15) is 43.5 Å². The van der Waals surface area contributed by atoms with Crippen molar-refractivity contribution in [1.29, 1.82) is 0 Å². The first-order valence-corrected chi connectivity index (χ1v) is 57.4. The molecule has 4 N–H and O–H groups in total. The number of allylic oxidation sites excluding steroid dienone is 28. The van der Waals surface area contributed by atoms with Crippen LogP contribution in [-0.4, -0.2) is 95.9 Å². The number of ether oxygens (including phenoxy) is 3. The molecule has 5 atom stereocenters. The Hall–Kier alpha value is -5.09. The quantitative estimate of drug-likeness (QED) is 0.0146. The molecule has 133 heavy (non-hydrogen) atoms. The molecule has 0 spiro atoms. The Balaban J connectivity index is 4.60. The van der Waals surface area contributed by atoms with Crippen molar-refractivity contribution in [2.75, 3.05) is 39.6 Å². The molecule has 0 heterocycles. The maximum absolute atomic E-state index is 13.2. The zero-order chi connectivity index (χ0) is 96.4. The highest BCUT2D eigenvalue weighted by atomic mass is 31.2. The summed E-state index contributed by atoms with van der Waals surface area (Å²) < 4.78 is 61.8. The fourth-order valence-electron chi connectivity index (χ4n) is 15.2. The van der Waals surface area contributed by atoms with E-state index in [1.54, 1.807) is 0 Å². The summed E-state index contributed by atoms with van der Waals surface area (Å²) in [4.78, 5) is 59.3. The molecule has 766 valence electrons. The molecule has 0 aromatic rings. The molecule has 0 aromatic heterocycles. The second kappa shape index (κ2) is 106. The molecule has 0 fully saturated rings. The molecule has 16 nitrogen and oxygen atoms in total. The van der Waals surface area contributed by atoms with Crippen molar-refractivity contribution in [3.8, 4) is 0 Å². The van der Waals surface area contributed by atoms with Crippen molar-refractivity contribution >= 4 is 33.6 Å². The van der Waals surface area contributed by atoms with Gasteiger partial charge in [-0.2, -0.15) is 0 Å². The predicted octanol–water partition coefficient (Wildman–Crippen LogP) is 34.9. The summed E-state index contributed by atoms with van der Waals surface area (Å²) in [6.07, 6.45) is 140. The molecular formula is C115H200O16P2. The first-order valence-electron chi connectivity index (χ1n) is 54.4. The van der Waals surface area contributed by atoms with Crippen molar-refractivity contribution in [1.82, 2.24) is 0 Å². The van der Waals surface area contributed by atoms with Crippen LogP contribution in [0.3, 0.4) is 0 Å². The van der Waals surface area contributed by atoms with E-state index < -0.39 is 91.5 Å². The summed E-state index contributed by atoms with van der Waals surface area (Å²) in [5, 5.41) is 20.8. The number of phosphoric acid groups is 2. The van der Waals surface area contributed by atoms with E-state index in [-0.39, 0.29) is 19.3 Å². The lowest BCUT2D eigenvalue weighted by Gasteiger charge is -2.21. The van der Waals surface area contributed by atoms with Crippen LogP contribution < -0.4 is 0 Å². The molecule has 0 aliphatic heterocycles. The fourth-order valence-corrected chi connectivity index (χ4v) is 16.8. The van der Waals surface area contributed by atoms with E-state index in [1.165, 1.54) is 270 Å². The normalized spacial score (nSPS) is 14.2. The highest BCUT2D eigenvalue weighted by molar-refractivity contribution is 7.47. The summed E-state index contributed by atoms with van der Waals surface area (Å²) in [6, 6.07) is 0. The third-order valence-corrected chi connectivity index (χ3v) is 25.3. The van der Waals surface area contributed by atoms with Gasteiger partial charge in [-0.1, -0.05) is 473 Å². The van der Waals surface area contributed by atoms with Crippen LogP contribution in [0.15, 0.2) is 170 Å². The van der Waals surface area contributed by atoms with Crippen LogP contribution in [0.1, 0.15) is 483 Å². The molecule has 0 aromatic carbocycles. The lowest BCUT2D eigenvalue weighted by atomic mass is 10.0. The van der Waals surface area contributed by atoms with Crippen molar-refractivity contribution in [3.05, 3.63) is 170 Å². The predicted molar refractivity (Wildman–Crippen MR) is 565 cm³/mol. The van der Waals surface area contributed by atoms with Crippen LogP contribution >= 0.6 is 15.6 Å². The van der Waals surface area contributed by atoms with Gasteiger partial charge in [0.2, 0.25) is 0 Å². The van der Waals surface area contributed by atoms with Crippen LogP contribution in [0.5, 0.6) is 0 Å². The van der Waals surface area contributed by atoms with Crippen molar-refractivity contribution < 1.29 is 75.8 Å². The van der Waals surface area contributed by atoms with E-state index in [2.05, 4.69) is 191 Å². The van der Waals surface area contributed by atoms with Gasteiger partial charge in [-0.3, -0.25) is 32.5 Å². The minimum atomic E-state index is -4.95. The third-order valence-electron chi connectivity index (χ3n) is 23.4. The number of carbonyl (C=O) groups is 3. The second-order valence-corrected chi connectivity index (χ2v) is 39.3. The minimum Gasteiger partial charge on any atom is -0.463 e. The van der Waals surface area contributed by atoms with Gasteiger partial charge in [0.25, 0.3) is 0 Å². The smallest absolute Gasteiger partial charge is 0.463 e. The van der Waals surface area contributed by atoms with Gasteiger partial charge in [0.05, 0.1) is 26.4 Å². The molecule has 0 radical (unpaired) electrons. The zero-order valence-electron chi connectivity index (χ0n) is 85.1. The van der Waals surface area contributed by atoms with E-state index in [1.807, 2.05) is 0 Å². The number of aliphatic hydroxyl groups is 2. The largest absolute Gasteiger partial charge is 0.472 e. The molecule has 0 bridgehead atoms. The summed E-state index contributed by atoms with van der Waals surface area (Å²) in [5.74, 6) is -1.56. The topological polar surface area (TPSA) is 231 Å². The Kier molecular flexibility index (Phi) is 102. The SMILES string of the molecule is CC/C=C\C/C=C\C/C=C\C/C=C\C/C=C\C/C=C\CCCCCCCCCCCCCCC(=O)OCC(COP(=O)(O)OCC(O)COP(=O)(O)OCC(O)COC(=O)CCCCCCCCCCCCCCCCCCCCC/C=C\C/C=C\C/C=C\C/C=C\CCCCC)OC(=O)CCCCCCCCCCCCCCCCC/C=C\C/C=C\C/C=C\C/C=C\CCCCC. The van der Waals surface area contributed by atoms with Gasteiger partial charge in [-0.05, 0) is 161 Å². The Bertz CT molecular complexity index is 3100. The molecule has 5 unspecified atom stereocenters. The van der Waals surface area contributed by atoms with Crippen molar-refractivity contribution in [2.45, 2.75) is 501 Å². The van der Waals surface area contributed by atoms with Crippen LogP contribution in [0.25, 0.3) is 0 Å². The maximum Gasteiger partial charge on any atom is 0.472 e. The van der Waals surface area contributed by atoms with E-state index >= 15 is 0 Å². The van der Waals surface area contributed by atoms with Gasteiger partial charge in [-0.15, -0.1) is 0 Å². The average Bonchev–Trinajstić information content (AvgIpc) is 0.900. The average molecular weight is 1900 g/mol. The number of hydrogen-bond donors (Lipinski definition) is 4. The monoisotopic (exact) mass is 1900 g/mol. The second-order valence-electron chi connectivity index (χ2n) is 36.4. The highest BCUT2D eigenvalue weighted by Gasteiger charge is 2.30. The zero-order valence-corrected chi connectivity index (χ0v) is 86.9. The summed E-state index contributed by atoms with van der Waals surface area (Å²) in [6.45, 7) is 2.60. The first-order chi connectivity index (χ1) is 65.2. The minimum absolute atomic E-state index is 0.102. The van der Waals surface area contributed by atoms with Gasteiger partial charge in [0.15, 0.2) is 6.10 Å². The molecule has 18 heteroatoms. The van der Waals surface area contributed by atoms with Crippen LogP contribution in [0.4, 0.5) is 0 Å². The van der Waals surface area contributed by atoms with Gasteiger partial charge >= 0.3 is 33.6 Å². The van der Waals surface area contributed by atoms with Crippen LogP contribution in [-0.2, 0) is 55.8 Å². The number of phosphoric ester groups is 2. The fraction of sp³-hybridized carbons (Fsp3) is 0.730. The lowest BCUT2D eigenvalue weighted by Crippen LogP contribution is -2.30. The molecule has 0 rings (SSSR count). The van der Waals surface area contributed by atoms with Gasteiger partial charge in [0, 0.05) is 19.3 Å². The van der Waals surface area contributed by atoms with Crippen molar-refractivity contribution in [2.24, 2.45) is 0 Å². The van der Waals surface area contributed by atoms with Gasteiger partial charge in [0.1, 0.15) is 25.4 Å². The molecule has 0 saturated heterocycles. The maximum atomic E-state index is 13.2. The molecule has 0 aliphatic rings. The summed E-state index contributed by atoms with van der Waals surface area (Å²) in [5.41, 5.74) is 0. The van der Waals surface area contributed by atoms with Crippen LogP contribution in [0, 0.1) is 0 Å². The Labute approximate surface area is 815 Å². The van der Waals surface area contributed by atoms with E-state index in [0.717, 1.165) is 154 Å². The number of unbranched alkanes of at least 4 members (excludes halogenated alkanes) is 52. The standard InChI is InChI=1S/C115H200O16P2/c1-4-7-10-13-16-19-22-25-28-31-34-37-40-43-46-49-52-53-54-55-58-60-62-65-68-71-74-77-80-83-86-89-92-95-98-101-113(118)125-104-110(116)105-127-132(121,122)128-106-111(117)107-129-133(123,124)130-109-112(131-115(120)103-100-97-94-91-88-85-82-79-76-73-70-67-64-61-57-51-48-45-42-39-36-33-30-27-24-21-18-15-12-9-6-3)108-126-114(119)102-99-96-93-90-87-84-81-78-75-72-69-66-63-59-56-50-47-44-41-38-35-32-29-26-23-20-17-14-11-8-5-2/h8,11,16-21,25-30,34-39,43-48,56,59,110-112,116-117H,4-7,9-10,12-15,22-24,31-33,40-42,49-55,57-58,60-109H2,1-3H3,(H,121,122)(H,123,124)/b11-8-,19-16-,20-17-,21-18-,28-25-,29-26-,30-27-,37-34-,38-35-,39-36-,46-43-,47-44-,48-45-,59-56-. The lowest BCUT2D eigenvalue weighted by molar-refractivity contribution is -0.161. The Morgan fingerprint density at radius 3 is 0.632 bits per heavy atom. The number of carbonyl (C=O) groups excluding carboxylic acids is 3. The molecule has 0 aliphatic carbocycles. The number of rotatable bonds is 103. The van der Waals surface area contributed by atoms with Crippen molar-refractivity contribution in [3.63, 3.8) is 0 Å². The van der Waals surface area contributed by atoms with E-state index in [0.29, 0.717) is 19.3 Å². The third kappa shape index (κ3) is 107. The highest BCUT2D eigenvalue weighted by Crippen LogP contribution is 2.45. The molecule has 0 amide bonds. The van der Waals surface area contributed by atoms with Gasteiger partial charge in [-0.25, -0.2) is 9.13 Å². The molecule has 0 saturated carbocycles. The van der Waals surface area contributed by atoms with Gasteiger partial charge < -0.3 is 34.2 Å². The van der Waals surface area contributed by atoms with Crippen LogP contribution in [0.2, 0.25) is 0 Å².